The minimum atomic E-state index is 0.100. The van der Waals surface area contributed by atoms with E-state index in [1.807, 2.05) is 24.3 Å². The van der Waals surface area contributed by atoms with Gasteiger partial charge in [-0.1, -0.05) is 23.7 Å². The van der Waals surface area contributed by atoms with Crippen LogP contribution in [-0.4, -0.2) is 25.2 Å². The van der Waals surface area contributed by atoms with Gasteiger partial charge in [0.1, 0.15) is 0 Å². The van der Waals surface area contributed by atoms with Crippen molar-refractivity contribution in [3.05, 3.63) is 34.9 Å². The van der Waals surface area contributed by atoms with Gasteiger partial charge in [0.2, 0.25) is 5.91 Å². The molecule has 0 bridgehead atoms. The smallest absolute Gasteiger partial charge is 0.222 e. The van der Waals surface area contributed by atoms with Gasteiger partial charge < -0.3 is 10.1 Å². The summed E-state index contributed by atoms with van der Waals surface area (Å²) in [5, 5.41) is 3.70. The molecule has 1 aliphatic heterocycles. The van der Waals surface area contributed by atoms with E-state index in [1.165, 1.54) is 5.56 Å². The monoisotopic (exact) mass is 281 g/mol. The van der Waals surface area contributed by atoms with Crippen molar-refractivity contribution in [2.45, 2.75) is 38.2 Å². The van der Waals surface area contributed by atoms with Crippen molar-refractivity contribution in [2.75, 3.05) is 13.2 Å². The lowest BCUT2D eigenvalue weighted by Gasteiger charge is -2.09. The third kappa shape index (κ3) is 5.21. The number of hydrogen-bond donors (Lipinski definition) is 1. The first-order valence-corrected chi connectivity index (χ1v) is 7.24. The Labute approximate surface area is 119 Å². The van der Waals surface area contributed by atoms with Gasteiger partial charge in [0.25, 0.3) is 0 Å². The molecule has 0 spiro atoms. The maximum Gasteiger partial charge on any atom is 0.222 e. The van der Waals surface area contributed by atoms with Crippen molar-refractivity contribution in [1.29, 1.82) is 0 Å². The van der Waals surface area contributed by atoms with E-state index in [9.17, 15) is 4.79 Å². The summed E-state index contributed by atoms with van der Waals surface area (Å²) in [6.07, 6.45) is 4.63. The molecule has 3 nitrogen and oxygen atoms in total. The van der Waals surface area contributed by atoms with E-state index in [1.54, 1.807) is 0 Å². The summed E-state index contributed by atoms with van der Waals surface area (Å²) < 4.78 is 5.44. The van der Waals surface area contributed by atoms with Crippen molar-refractivity contribution in [2.24, 2.45) is 0 Å². The zero-order valence-corrected chi connectivity index (χ0v) is 11.8. The Bertz CT molecular complexity index is 399. The van der Waals surface area contributed by atoms with E-state index in [0.29, 0.717) is 13.0 Å². The molecule has 0 aliphatic carbocycles. The molecule has 0 saturated carbocycles. The van der Waals surface area contributed by atoms with Crippen LogP contribution in [0.5, 0.6) is 0 Å². The first-order chi connectivity index (χ1) is 9.24. The average molecular weight is 282 g/mol. The maximum absolute atomic E-state index is 11.6. The first-order valence-electron chi connectivity index (χ1n) is 6.87. The molecule has 104 valence electrons. The Balaban J connectivity index is 1.58. The Morgan fingerprint density at radius 2 is 2.16 bits per heavy atom. The number of amides is 1. The highest BCUT2D eigenvalue weighted by Crippen LogP contribution is 2.15. The largest absolute Gasteiger partial charge is 0.378 e. The molecule has 1 atom stereocenters. The summed E-state index contributed by atoms with van der Waals surface area (Å²) in [7, 11) is 0. The van der Waals surface area contributed by atoms with E-state index in [-0.39, 0.29) is 12.0 Å². The van der Waals surface area contributed by atoms with Gasteiger partial charge in [-0.2, -0.15) is 0 Å². The normalized spacial score (nSPS) is 18.5. The molecular weight excluding hydrogens is 262 g/mol. The number of benzene rings is 1. The van der Waals surface area contributed by atoms with Crippen LogP contribution < -0.4 is 5.32 Å². The number of halogens is 1. The molecule has 1 fully saturated rings. The molecule has 4 heteroatoms. The van der Waals surface area contributed by atoms with Gasteiger partial charge in [0, 0.05) is 18.2 Å². The van der Waals surface area contributed by atoms with Gasteiger partial charge in [0.15, 0.2) is 0 Å². The standard InChI is InChI=1S/C15H20ClNO2/c16-13-7-5-12(6-8-13)3-1-9-17-15(18)11-14-4-2-10-19-14/h5-8,14H,1-4,9-11H2,(H,17,18). The number of aryl methyl sites for hydroxylation is 1. The fraction of sp³-hybridized carbons (Fsp3) is 0.533. The average Bonchev–Trinajstić information content (AvgIpc) is 2.89. The number of carbonyl (C=O) groups excluding carboxylic acids is 1. The number of nitrogens with one attached hydrogen (secondary N) is 1. The predicted octanol–water partition coefficient (Wildman–Crippen LogP) is 2.96. The van der Waals surface area contributed by atoms with E-state index < -0.39 is 0 Å². The van der Waals surface area contributed by atoms with Crippen molar-refractivity contribution in [3.63, 3.8) is 0 Å². The van der Waals surface area contributed by atoms with Crippen molar-refractivity contribution >= 4 is 17.5 Å². The van der Waals surface area contributed by atoms with Gasteiger partial charge in [-0.3, -0.25) is 4.79 Å². The maximum atomic E-state index is 11.6. The molecular formula is C15H20ClNO2. The van der Waals surface area contributed by atoms with E-state index >= 15 is 0 Å². The molecule has 19 heavy (non-hydrogen) atoms. The summed E-state index contributed by atoms with van der Waals surface area (Å²) >= 11 is 5.83. The van der Waals surface area contributed by atoms with Crippen LogP contribution >= 0.6 is 11.6 Å². The summed E-state index contributed by atoms with van der Waals surface area (Å²) in [5.41, 5.74) is 1.25. The van der Waals surface area contributed by atoms with Crippen molar-refractivity contribution in [3.8, 4) is 0 Å². The van der Waals surface area contributed by atoms with Crippen LogP contribution in [0.2, 0.25) is 5.02 Å². The fourth-order valence-electron chi connectivity index (χ4n) is 2.26. The summed E-state index contributed by atoms with van der Waals surface area (Å²) in [6, 6.07) is 7.84. The highest BCUT2D eigenvalue weighted by atomic mass is 35.5. The lowest BCUT2D eigenvalue weighted by atomic mass is 10.1. The molecule has 1 amide bonds. The molecule has 1 aliphatic rings. The quantitative estimate of drug-likeness (QED) is 0.814. The Kier molecular flexibility index (Phi) is 5.67. The molecule has 2 rings (SSSR count). The lowest BCUT2D eigenvalue weighted by Crippen LogP contribution is -2.28. The predicted molar refractivity (Wildman–Crippen MR) is 76.4 cm³/mol. The topological polar surface area (TPSA) is 38.3 Å². The molecule has 1 saturated heterocycles. The molecule has 1 unspecified atom stereocenters. The van der Waals surface area contributed by atoms with Gasteiger partial charge in [-0.15, -0.1) is 0 Å². The highest BCUT2D eigenvalue weighted by Gasteiger charge is 2.18. The van der Waals surface area contributed by atoms with Gasteiger partial charge in [-0.25, -0.2) is 0 Å². The number of ether oxygens (including phenoxy) is 1. The van der Waals surface area contributed by atoms with Gasteiger partial charge in [-0.05, 0) is 43.4 Å². The highest BCUT2D eigenvalue weighted by molar-refractivity contribution is 6.30. The van der Waals surface area contributed by atoms with E-state index in [4.69, 9.17) is 16.3 Å². The van der Waals surface area contributed by atoms with Crippen LogP contribution in [0.1, 0.15) is 31.2 Å². The van der Waals surface area contributed by atoms with Crippen LogP contribution in [0, 0.1) is 0 Å². The van der Waals surface area contributed by atoms with Crippen molar-refractivity contribution in [1.82, 2.24) is 5.32 Å². The second-order valence-corrected chi connectivity index (χ2v) is 5.36. The van der Waals surface area contributed by atoms with Crippen LogP contribution in [-0.2, 0) is 16.0 Å². The van der Waals surface area contributed by atoms with Crippen LogP contribution in [0.4, 0.5) is 0 Å². The fourth-order valence-corrected chi connectivity index (χ4v) is 2.38. The zero-order valence-electron chi connectivity index (χ0n) is 11.0. The van der Waals surface area contributed by atoms with E-state index in [2.05, 4.69) is 5.32 Å². The number of hydrogen-bond acceptors (Lipinski definition) is 2. The lowest BCUT2D eigenvalue weighted by molar-refractivity contribution is -0.123. The second-order valence-electron chi connectivity index (χ2n) is 4.92. The van der Waals surface area contributed by atoms with Crippen LogP contribution in [0.3, 0.4) is 0 Å². The number of rotatable bonds is 6. The Morgan fingerprint density at radius 1 is 1.37 bits per heavy atom. The third-order valence-corrected chi connectivity index (χ3v) is 3.57. The van der Waals surface area contributed by atoms with Crippen LogP contribution in [0.25, 0.3) is 0 Å². The number of carbonyl (C=O) groups is 1. The summed E-state index contributed by atoms with van der Waals surface area (Å²) in [4.78, 5) is 11.6. The molecule has 0 radical (unpaired) electrons. The van der Waals surface area contributed by atoms with Crippen LogP contribution in [0.15, 0.2) is 24.3 Å². The minimum Gasteiger partial charge on any atom is -0.378 e. The molecule has 1 aromatic rings. The van der Waals surface area contributed by atoms with Crippen molar-refractivity contribution < 1.29 is 9.53 Å². The SMILES string of the molecule is O=C(CC1CCCO1)NCCCc1ccc(Cl)cc1. The third-order valence-electron chi connectivity index (χ3n) is 3.31. The minimum absolute atomic E-state index is 0.100. The Hall–Kier alpha value is -1.06. The molecule has 0 aromatic heterocycles. The zero-order chi connectivity index (χ0) is 13.5. The summed E-state index contributed by atoms with van der Waals surface area (Å²) in [6.45, 7) is 1.52. The first kappa shape index (κ1) is 14.4. The molecule has 1 N–H and O–H groups in total. The second kappa shape index (κ2) is 7.51. The summed E-state index contributed by atoms with van der Waals surface area (Å²) in [5.74, 6) is 0.100. The van der Waals surface area contributed by atoms with E-state index in [0.717, 1.165) is 37.3 Å². The van der Waals surface area contributed by atoms with Gasteiger partial charge in [0.05, 0.1) is 12.5 Å². The van der Waals surface area contributed by atoms with Gasteiger partial charge >= 0.3 is 0 Å². The molecule has 1 heterocycles. The Morgan fingerprint density at radius 3 is 2.84 bits per heavy atom. The molecule has 1 aromatic carbocycles.